The third-order valence-electron chi connectivity index (χ3n) is 5.97. The van der Waals surface area contributed by atoms with Crippen molar-refractivity contribution in [2.24, 2.45) is 0 Å². The first-order chi connectivity index (χ1) is 15.6. The SMILES string of the molecule is OC1=CC2=C(CC1)C(c1cnc(O[C@H]3CCNC3)cn1)=C(c1ccc(Cl)c(F)c1)C=CC2. The molecule has 1 aromatic carbocycles. The van der Waals surface area contributed by atoms with Gasteiger partial charge in [0.1, 0.15) is 11.9 Å². The van der Waals surface area contributed by atoms with Crippen molar-refractivity contribution in [2.45, 2.75) is 31.8 Å². The van der Waals surface area contributed by atoms with E-state index in [2.05, 4.69) is 15.3 Å². The van der Waals surface area contributed by atoms with Crippen molar-refractivity contribution in [3.8, 4) is 5.88 Å². The van der Waals surface area contributed by atoms with E-state index >= 15 is 0 Å². The first-order valence-electron chi connectivity index (χ1n) is 10.8. The van der Waals surface area contributed by atoms with Gasteiger partial charge in [0.15, 0.2) is 0 Å². The summed E-state index contributed by atoms with van der Waals surface area (Å²) in [4.78, 5) is 9.18. The molecule has 164 valence electrons. The van der Waals surface area contributed by atoms with Gasteiger partial charge in [-0.2, -0.15) is 0 Å². The van der Waals surface area contributed by atoms with Crippen LogP contribution in [0.15, 0.2) is 65.7 Å². The van der Waals surface area contributed by atoms with Crippen molar-refractivity contribution in [3.63, 3.8) is 0 Å². The van der Waals surface area contributed by atoms with Crippen LogP contribution in [0.5, 0.6) is 5.88 Å². The number of hydrogen-bond acceptors (Lipinski definition) is 5. The van der Waals surface area contributed by atoms with Crippen molar-refractivity contribution in [3.05, 3.63) is 87.8 Å². The molecule has 1 fully saturated rings. The summed E-state index contributed by atoms with van der Waals surface area (Å²) in [7, 11) is 0. The molecular weight excluding hydrogens is 429 g/mol. The van der Waals surface area contributed by atoms with Crippen molar-refractivity contribution in [2.75, 3.05) is 13.1 Å². The van der Waals surface area contributed by atoms with Gasteiger partial charge < -0.3 is 15.2 Å². The maximum Gasteiger partial charge on any atom is 0.232 e. The summed E-state index contributed by atoms with van der Waals surface area (Å²) in [5, 5.41) is 13.4. The van der Waals surface area contributed by atoms with Crippen LogP contribution in [0.2, 0.25) is 5.02 Å². The molecule has 5 rings (SSSR count). The molecule has 0 saturated carbocycles. The van der Waals surface area contributed by atoms with Crippen LogP contribution in [-0.4, -0.2) is 34.3 Å². The Labute approximate surface area is 191 Å². The Kier molecular flexibility index (Phi) is 5.81. The quantitative estimate of drug-likeness (QED) is 0.650. The molecule has 0 radical (unpaired) electrons. The average Bonchev–Trinajstić information content (AvgIpc) is 3.23. The van der Waals surface area contributed by atoms with Gasteiger partial charge in [-0.15, -0.1) is 0 Å². The fourth-order valence-corrected chi connectivity index (χ4v) is 4.51. The smallest absolute Gasteiger partial charge is 0.232 e. The maximum atomic E-state index is 14.3. The van der Waals surface area contributed by atoms with Gasteiger partial charge >= 0.3 is 0 Å². The third-order valence-corrected chi connectivity index (χ3v) is 6.28. The van der Waals surface area contributed by atoms with Gasteiger partial charge in [-0.25, -0.2) is 14.4 Å². The number of aromatic nitrogens is 2. The van der Waals surface area contributed by atoms with E-state index in [9.17, 15) is 9.50 Å². The predicted octanol–water partition coefficient (Wildman–Crippen LogP) is 5.41. The second-order valence-electron chi connectivity index (χ2n) is 8.14. The molecule has 5 nitrogen and oxygen atoms in total. The summed E-state index contributed by atoms with van der Waals surface area (Å²) in [5.74, 6) is 0.392. The van der Waals surface area contributed by atoms with E-state index in [0.29, 0.717) is 42.2 Å². The minimum absolute atomic E-state index is 0.0848. The van der Waals surface area contributed by atoms with E-state index in [1.807, 2.05) is 24.3 Å². The number of aliphatic hydroxyl groups excluding tert-OH is 1. The van der Waals surface area contributed by atoms with Gasteiger partial charge in [-0.3, -0.25) is 0 Å². The molecule has 2 aromatic rings. The number of allylic oxidation sites excluding steroid dienone is 8. The number of aliphatic hydroxyl groups is 1. The third kappa shape index (κ3) is 4.20. The standard InChI is InChI=1S/C25H23ClFN3O2/c26-21-7-4-16(11-22(21)27)19-3-1-2-15-10-17(31)5-6-20(15)25(19)23-13-30-24(14-29-23)32-18-8-9-28-12-18/h1,3-4,7,10-11,13-14,18,28,31H,2,5-6,8-9,12H2/t18-/m0/s1. The monoisotopic (exact) mass is 451 g/mol. The highest BCUT2D eigenvalue weighted by Gasteiger charge is 2.24. The number of nitrogens with zero attached hydrogens (tertiary/aromatic N) is 2. The fraction of sp³-hybridized carbons (Fsp3) is 0.280. The summed E-state index contributed by atoms with van der Waals surface area (Å²) in [6, 6.07) is 4.82. The van der Waals surface area contributed by atoms with E-state index in [1.165, 1.54) is 6.07 Å². The lowest BCUT2D eigenvalue weighted by Gasteiger charge is -2.21. The van der Waals surface area contributed by atoms with Crippen molar-refractivity contribution < 1.29 is 14.2 Å². The molecule has 0 spiro atoms. The Balaban J connectivity index is 1.61. The van der Waals surface area contributed by atoms with Gasteiger partial charge in [-0.05, 0) is 66.3 Å². The highest BCUT2D eigenvalue weighted by atomic mass is 35.5. The molecule has 3 aliphatic rings. The van der Waals surface area contributed by atoms with E-state index in [0.717, 1.165) is 41.8 Å². The van der Waals surface area contributed by atoms with Gasteiger partial charge in [-0.1, -0.05) is 29.8 Å². The minimum Gasteiger partial charge on any atom is -0.512 e. The highest BCUT2D eigenvalue weighted by Crippen LogP contribution is 2.42. The summed E-state index contributed by atoms with van der Waals surface area (Å²) < 4.78 is 20.2. The molecule has 7 heteroatoms. The summed E-state index contributed by atoms with van der Waals surface area (Å²) in [5.41, 5.74) is 5.25. The van der Waals surface area contributed by atoms with Crippen LogP contribution in [0.4, 0.5) is 4.39 Å². The van der Waals surface area contributed by atoms with Crippen LogP contribution in [0.25, 0.3) is 11.1 Å². The molecule has 2 N–H and O–H groups in total. The van der Waals surface area contributed by atoms with Crippen LogP contribution in [0.3, 0.4) is 0 Å². The van der Waals surface area contributed by atoms with Crippen LogP contribution < -0.4 is 10.1 Å². The lowest BCUT2D eigenvalue weighted by molar-refractivity contribution is 0.213. The summed E-state index contributed by atoms with van der Waals surface area (Å²) in [6.07, 6.45) is 12.1. The van der Waals surface area contributed by atoms with E-state index in [-0.39, 0.29) is 11.1 Å². The molecule has 32 heavy (non-hydrogen) atoms. The van der Waals surface area contributed by atoms with Crippen molar-refractivity contribution in [1.29, 1.82) is 0 Å². The number of ether oxygens (including phenoxy) is 1. The molecule has 1 aliphatic heterocycles. The normalized spacial score (nSPS) is 20.8. The first kappa shape index (κ1) is 20.9. The van der Waals surface area contributed by atoms with Crippen LogP contribution in [0.1, 0.15) is 36.9 Å². The zero-order valence-electron chi connectivity index (χ0n) is 17.4. The Morgan fingerprint density at radius 2 is 2.09 bits per heavy atom. The number of rotatable bonds is 4. The number of benzene rings is 1. The second-order valence-corrected chi connectivity index (χ2v) is 8.54. The second kappa shape index (κ2) is 8.88. The zero-order valence-corrected chi connectivity index (χ0v) is 18.2. The molecular formula is C25H23ClFN3O2. The Morgan fingerprint density at radius 3 is 2.84 bits per heavy atom. The van der Waals surface area contributed by atoms with Crippen LogP contribution in [-0.2, 0) is 0 Å². The molecule has 0 unspecified atom stereocenters. The fourth-order valence-electron chi connectivity index (χ4n) is 4.39. The van der Waals surface area contributed by atoms with Crippen molar-refractivity contribution in [1.82, 2.24) is 15.3 Å². The van der Waals surface area contributed by atoms with Crippen LogP contribution >= 0.6 is 11.6 Å². The number of nitrogens with one attached hydrogen (secondary N) is 1. The molecule has 1 atom stereocenters. The van der Waals surface area contributed by atoms with E-state index < -0.39 is 5.82 Å². The van der Waals surface area contributed by atoms with Gasteiger partial charge in [0.05, 0.1) is 28.9 Å². The van der Waals surface area contributed by atoms with Crippen molar-refractivity contribution >= 4 is 22.7 Å². The maximum absolute atomic E-state index is 14.3. The molecule has 2 heterocycles. The van der Waals surface area contributed by atoms with E-state index in [4.69, 9.17) is 16.3 Å². The predicted molar refractivity (Wildman–Crippen MR) is 123 cm³/mol. The minimum atomic E-state index is -0.468. The molecule has 0 amide bonds. The molecule has 1 aromatic heterocycles. The topological polar surface area (TPSA) is 67.3 Å². The lowest BCUT2D eigenvalue weighted by atomic mass is 9.85. The molecule has 1 saturated heterocycles. The highest BCUT2D eigenvalue weighted by molar-refractivity contribution is 6.30. The Hall–Kier alpha value is -2.96. The summed E-state index contributed by atoms with van der Waals surface area (Å²) >= 11 is 5.92. The number of halogens is 2. The molecule has 2 aliphatic carbocycles. The van der Waals surface area contributed by atoms with Gasteiger partial charge in [0.2, 0.25) is 5.88 Å². The largest absolute Gasteiger partial charge is 0.512 e. The summed E-state index contributed by atoms with van der Waals surface area (Å²) in [6.45, 7) is 1.74. The van der Waals surface area contributed by atoms with E-state index in [1.54, 1.807) is 18.5 Å². The zero-order chi connectivity index (χ0) is 22.1. The lowest BCUT2D eigenvalue weighted by Crippen LogP contribution is -2.20. The molecule has 0 bridgehead atoms. The number of hydrogen-bond donors (Lipinski definition) is 2. The van der Waals surface area contributed by atoms with Gasteiger partial charge in [0.25, 0.3) is 0 Å². The average molecular weight is 452 g/mol. The Morgan fingerprint density at radius 1 is 1.19 bits per heavy atom. The Bertz CT molecular complexity index is 1160. The first-order valence-corrected chi connectivity index (χ1v) is 11.1. The van der Waals surface area contributed by atoms with Gasteiger partial charge in [0, 0.05) is 18.5 Å². The van der Waals surface area contributed by atoms with Crippen LogP contribution in [0, 0.1) is 5.82 Å².